The standard InChI is InChI=1S/C10H10N2OS.CH4O/c1-8(11)10-6-2-4-9(12-10)5-3-7-13-14;1-2/h2,4,6,11,14H,7H2,1H3;2H,1H3. The second-order valence-electron chi connectivity index (χ2n) is 2.61. The van der Waals surface area contributed by atoms with E-state index in [2.05, 4.69) is 33.9 Å². The van der Waals surface area contributed by atoms with E-state index in [-0.39, 0.29) is 6.61 Å². The molecule has 1 heterocycles. The first-order chi connectivity index (χ1) is 7.74. The van der Waals surface area contributed by atoms with Gasteiger partial charge < -0.3 is 14.7 Å². The van der Waals surface area contributed by atoms with Crippen LogP contribution >= 0.6 is 12.9 Å². The maximum absolute atomic E-state index is 7.40. The van der Waals surface area contributed by atoms with Crippen molar-refractivity contribution >= 4 is 18.6 Å². The molecule has 2 N–H and O–H groups in total. The van der Waals surface area contributed by atoms with Gasteiger partial charge in [-0.25, -0.2) is 4.98 Å². The third kappa shape index (κ3) is 5.51. The number of hydrogen-bond donors (Lipinski definition) is 3. The van der Waals surface area contributed by atoms with Crippen molar-refractivity contribution in [2.75, 3.05) is 13.7 Å². The van der Waals surface area contributed by atoms with Crippen LogP contribution in [0.3, 0.4) is 0 Å². The van der Waals surface area contributed by atoms with Crippen molar-refractivity contribution in [2.45, 2.75) is 6.92 Å². The zero-order valence-corrected chi connectivity index (χ0v) is 10.1. The van der Waals surface area contributed by atoms with E-state index >= 15 is 0 Å². The van der Waals surface area contributed by atoms with Crippen molar-refractivity contribution in [3.05, 3.63) is 29.6 Å². The van der Waals surface area contributed by atoms with Gasteiger partial charge in [0.05, 0.1) is 11.4 Å². The molecule has 86 valence electrons. The Balaban J connectivity index is 0.00000106. The molecule has 1 aromatic rings. The molecular formula is C11H14N2O2S. The predicted octanol–water partition coefficient (Wildman–Crippen LogP) is 1.29. The highest BCUT2D eigenvalue weighted by Gasteiger charge is 1.96. The predicted molar refractivity (Wildman–Crippen MR) is 66.7 cm³/mol. The molecule has 16 heavy (non-hydrogen) atoms. The third-order valence-electron chi connectivity index (χ3n) is 1.49. The molecule has 0 saturated heterocycles. The summed E-state index contributed by atoms with van der Waals surface area (Å²) in [7, 11) is 1.00. The molecule has 5 heteroatoms. The van der Waals surface area contributed by atoms with Gasteiger partial charge in [-0.15, -0.1) is 0 Å². The van der Waals surface area contributed by atoms with Crippen molar-refractivity contribution < 1.29 is 9.29 Å². The molecule has 0 unspecified atom stereocenters. The highest BCUT2D eigenvalue weighted by atomic mass is 32.1. The molecule has 0 aliphatic carbocycles. The van der Waals surface area contributed by atoms with Crippen LogP contribution in [0.5, 0.6) is 0 Å². The Hall–Kier alpha value is -1.35. The molecule has 0 radical (unpaired) electrons. The lowest BCUT2D eigenvalue weighted by molar-refractivity contribution is 0.399. The summed E-state index contributed by atoms with van der Waals surface area (Å²) in [5.74, 6) is 5.55. The van der Waals surface area contributed by atoms with E-state index in [0.29, 0.717) is 17.1 Å². The van der Waals surface area contributed by atoms with Gasteiger partial charge in [-0.1, -0.05) is 12.0 Å². The largest absolute Gasteiger partial charge is 0.400 e. The Morgan fingerprint density at radius 1 is 1.56 bits per heavy atom. The molecule has 0 atom stereocenters. The second-order valence-corrected chi connectivity index (χ2v) is 2.87. The number of aromatic nitrogens is 1. The minimum atomic E-state index is 0.262. The zero-order valence-electron chi connectivity index (χ0n) is 9.19. The fourth-order valence-electron chi connectivity index (χ4n) is 0.872. The number of rotatable bonds is 2. The summed E-state index contributed by atoms with van der Waals surface area (Å²) in [5.41, 5.74) is 1.71. The van der Waals surface area contributed by atoms with Gasteiger partial charge in [0.1, 0.15) is 12.3 Å². The first kappa shape index (κ1) is 14.6. The molecule has 0 aromatic carbocycles. The van der Waals surface area contributed by atoms with Gasteiger partial charge in [0.25, 0.3) is 0 Å². The number of pyridine rings is 1. The van der Waals surface area contributed by atoms with E-state index in [4.69, 9.17) is 10.5 Å². The summed E-state index contributed by atoms with van der Waals surface area (Å²) in [6, 6.07) is 5.40. The van der Waals surface area contributed by atoms with Gasteiger partial charge >= 0.3 is 0 Å². The van der Waals surface area contributed by atoms with Gasteiger partial charge in [-0.05, 0) is 37.9 Å². The van der Waals surface area contributed by atoms with Gasteiger partial charge in [0.15, 0.2) is 0 Å². The number of thiol groups is 1. The molecular weight excluding hydrogens is 224 g/mol. The lowest BCUT2D eigenvalue weighted by atomic mass is 10.2. The normalized spacial score (nSPS) is 8.25. The Bertz CT molecular complexity index is 396. The van der Waals surface area contributed by atoms with E-state index in [9.17, 15) is 0 Å². The van der Waals surface area contributed by atoms with E-state index in [1.165, 1.54) is 0 Å². The number of hydrogen-bond acceptors (Lipinski definition) is 5. The first-order valence-corrected chi connectivity index (χ1v) is 4.83. The van der Waals surface area contributed by atoms with Crippen molar-refractivity contribution in [3.63, 3.8) is 0 Å². The molecule has 0 bridgehead atoms. The molecule has 4 nitrogen and oxygen atoms in total. The van der Waals surface area contributed by atoms with Gasteiger partial charge in [-0.3, -0.25) is 0 Å². The topological polar surface area (TPSA) is 66.2 Å². The van der Waals surface area contributed by atoms with Crippen LogP contribution in [0.15, 0.2) is 18.2 Å². The monoisotopic (exact) mass is 238 g/mol. The van der Waals surface area contributed by atoms with Gasteiger partial charge in [0, 0.05) is 7.11 Å². The van der Waals surface area contributed by atoms with Crippen LogP contribution in [0.1, 0.15) is 18.3 Å². The van der Waals surface area contributed by atoms with E-state index in [0.717, 1.165) is 7.11 Å². The Morgan fingerprint density at radius 3 is 2.81 bits per heavy atom. The summed E-state index contributed by atoms with van der Waals surface area (Å²) in [6.45, 7) is 1.95. The molecule has 0 aliphatic rings. The van der Waals surface area contributed by atoms with E-state index in [1.807, 2.05) is 6.07 Å². The molecule has 0 saturated carbocycles. The van der Waals surface area contributed by atoms with Crippen LogP contribution in [0.4, 0.5) is 0 Å². The van der Waals surface area contributed by atoms with E-state index in [1.54, 1.807) is 19.1 Å². The average molecular weight is 238 g/mol. The fraction of sp³-hybridized carbons (Fsp3) is 0.273. The number of nitrogens with zero attached hydrogens (tertiary/aromatic N) is 1. The Kier molecular flexibility index (Phi) is 8.17. The SMILES string of the molecule is CC(=N)c1cccc(C#CCOS)n1.CO. The van der Waals surface area contributed by atoms with Crippen molar-refractivity contribution in [1.29, 1.82) is 5.41 Å². The van der Waals surface area contributed by atoms with E-state index < -0.39 is 0 Å². The van der Waals surface area contributed by atoms with Crippen molar-refractivity contribution in [3.8, 4) is 11.8 Å². The quantitative estimate of drug-likeness (QED) is 0.315. The molecule has 0 fully saturated rings. The maximum atomic E-state index is 7.40. The summed E-state index contributed by atoms with van der Waals surface area (Å²) in [6.07, 6.45) is 0. The van der Waals surface area contributed by atoms with Gasteiger partial charge in [0.2, 0.25) is 0 Å². The van der Waals surface area contributed by atoms with Crippen LogP contribution in [0, 0.1) is 17.3 Å². The smallest absolute Gasteiger partial charge is 0.122 e. The van der Waals surface area contributed by atoms with Crippen LogP contribution in [0.25, 0.3) is 0 Å². The summed E-state index contributed by atoms with van der Waals surface area (Å²) in [5, 5.41) is 14.4. The Morgan fingerprint density at radius 2 is 2.25 bits per heavy atom. The van der Waals surface area contributed by atoms with Crippen LogP contribution in [-0.2, 0) is 4.18 Å². The molecule has 1 rings (SSSR count). The number of nitrogens with one attached hydrogen (secondary N) is 1. The van der Waals surface area contributed by atoms with Crippen molar-refractivity contribution in [2.24, 2.45) is 0 Å². The first-order valence-electron chi connectivity index (χ1n) is 4.46. The third-order valence-corrected chi connectivity index (χ3v) is 1.62. The summed E-state index contributed by atoms with van der Waals surface area (Å²) in [4.78, 5) is 4.17. The van der Waals surface area contributed by atoms with Crippen LogP contribution < -0.4 is 0 Å². The van der Waals surface area contributed by atoms with Crippen LogP contribution in [-0.4, -0.2) is 29.5 Å². The summed E-state index contributed by atoms with van der Waals surface area (Å²) < 4.78 is 4.49. The lowest BCUT2D eigenvalue weighted by Gasteiger charge is -1.96. The molecule has 0 amide bonds. The minimum absolute atomic E-state index is 0.262. The lowest BCUT2D eigenvalue weighted by Crippen LogP contribution is -1.97. The zero-order chi connectivity index (χ0) is 12.4. The maximum Gasteiger partial charge on any atom is 0.122 e. The highest BCUT2D eigenvalue weighted by Crippen LogP contribution is 1.98. The highest BCUT2D eigenvalue weighted by molar-refractivity contribution is 7.75. The minimum Gasteiger partial charge on any atom is -0.400 e. The number of aliphatic hydroxyl groups excluding tert-OH is 1. The average Bonchev–Trinajstić information content (AvgIpc) is 2.32. The fourth-order valence-corrected chi connectivity index (χ4v) is 0.937. The Labute approximate surface area is 101 Å². The summed E-state index contributed by atoms with van der Waals surface area (Å²) >= 11 is 3.56. The number of aliphatic hydroxyl groups is 1. The molecule has 0 aliphatic heterocycles. The molecule has 0 spiro atoms. The second kappa shape index (κ2) is 8.92. The van der Waals surface area contributed by atoms with Crippen molar-refractivity contribution in [1.82, 2.24) is 4.98 Å². The van der Waals surface area contributed by atoms with Gasteiger partial charge in [-0.2, -0.15) is 0 Å². The van der Waals surface area contributed by atoms with Crippen LogP contribution in [0.2, 0.25) is 0 Å². The molecule has 1 aromatic heterocycles.